The number of hydrogen-bond acceptors (Lipinski definition) is 6. The molecule has 0 saturated heterocycles. The summed E-state index contributed by atoms with van der Waals surface area (Å²) in [6.45, 7) is 0. The van der Waals surface area contributed by atoms with Crippen molar-refractivity contribution >= 4 is 38.3 Å². The molecule has 0 aliphatic rings. The van der Waals surface area contributed by atoms with E-state index in [2.05, 4.69) is 31.4 Å². The highest BCUT2D eigenvalue weighted by molar-refractivity contribution is 9.10. The highest BCUT2D eigenvalue weighted by atomic mass is 79.9. The molecule has 0 atom stereocenters. The van der Waals surface area contributed by atoms with Gasteiger partial charge >= 0.3 is 0 Å². The number of rotatable bonds is 5. The second kappa shape index (κ2) is 7.79. The lowest BCUT2D eigenvalue weighted by Crippen LogP contribution is -2.14. The molecular weight excluding hydrogens is 425 g/mol. The van der Waals surface area contributed by atoms with Crippen molar-refractivity contribution in [2.24, 2.45) is 0 Å². The number of carbonyl (C=O) groups is 1. The summed E-state index contributed by atoms with van der Waals surface area (Å²) in [5.74, 6) is -0.0251. The van der Waals surface area contributed by atoms with Crippen LogP contribution >= 0.6 is 27.3 Å². The van der Waals surface area contributed by atoms with Crippen LogP contribution in [0, 0.1) is 5.82 Å². The van der Waals surface area contributed by atoms with Gasteiger partial charge in [0.2, 0.25) is 5.13 Å². The van der Waals surface area contributed by atoms with Gasteiger partial charge in [-0.2, -0.15) is 0 Å². The number of amides is 1. The highest BCUT2D eigenvalue weighted by Gasteiger charge is 2.20. The van der Waals surface area contributed by atoms with Crippen molar-refractivity contribution in [1.29, 1.82) is 0 Å². The zero-order valence-electron chi connectivity index (χ0n) is 13.7. The average molecular weight is 438 g/mol. The van der Waals surface area contributed by atoms with Crippen LogP contribution in [-0.2, 0) is 0 Å². The third kappa shape index (κ3) is 3.68. The molecule has 3 rings (SSSR count). The minimum absolute atomic E-state index is 0.261. The van der Waals surface area contributed by atoms with Crippen LogP contribution < -0.4 is 14.8 Å². The van der Waals surface area contributed by atoms with E-state index in [1.807, 2.05) is 0 Å². The van der Waals surface area contributed by atoms with Gasteiger partial charge in [-0.3, -0.25) is 10.1 Å². The quantitative estimate of drug-likeness (QED) is 0.640. The van der Waals surface area contributed by atoms with Crippen LogP contribution in [0.4, 0.5) is 9.52 Å². The van der Waals surface area contributed by atoms with Crippen molar-refractivity contribution in [1.82, 2.24) is 10.2 Å². The molecular formula is C17H13BrFN3O3S. The largest absolute Gasteiger partial charge is 0.496 e. The smallest absolute Gasteiger partial charge is 0.265 e. The Morgan fingerprint density at radius 1 is 1.15 bits per heavy atom. The third-order valence-corrected chi connectivity index (χ3v) is 4.99. The summed E-state index contributed by atoms with van der Waals surface area (Å²) in [5, 5.41) is 11.5. The number of benzene rings is 2. The molecule has 2 aromatic carbocycles. The van der Waals surface area contributed by atoms with E-state index in [0.29, 0.717) is 31.7 Å². The Hall–Kier alpha value is -2.52. The van der Waals surface area contributed by atoms with Gasteiger partial charge in [0, 0.05) is 10.0 Å². The number of carbonyl (C=O) groups excluding carboxylic acids is 1. The molecule has 0 aliphatic heterocycles. The number of halogens is 2. The van der Waals surface area contributed by atoms with E-state index in [9.17, 15) is 9.18 Å². The van der Waals surface area contributed by atoms with Gasteiger partial charge in [0.25, 0.3) is 5.91 Å². The van der Waals surface area contributed by atoms with Crippen molar-refractivity contribution in [2.45, 2.75) is 0 Å². The zero-order chi connectivity index (χ0) is 18.7. The van der Waals surface area contributed by atoms with Gasteiger partial charge < -0.3 is 9.47 Å². The second-order valence-corrected chi connectivity index (χ2v) is 6.86. The summed E-state index contributed by atoms with van der Waals surface area (Å²) in [4.78, 5) is 12.6. The molecule has 1 aromatic heterocycles. The van der Waals surface area contributed by atoms with E-state index in [1.54, 1.807) is 24.3 Å². The van der Waals surface area contributed by atoms with Gasteiger partial charge in [-0.15, -0.1) is 10.2 Å². The lowest BCUT2D eigenvalue weighted by molar-refractivity contribution is 0.102. The molecule has 9 heteroatoms. The normalized spacial score (nSPS) is 10.5. The standard InChI is InChI=1S/C17H13BrFN3O3S/c1-24-12-4-3-5-13(25-2)14(12)15(23)20-17-22-21-16(26-17)10-7-6-9(19)8-11(10)18/h3-8H,1-2H3,(H,20,22,23). The minimum atomic E-state index is -0.430. The summed E-state index contributed by atoms with van der Waals surface area (Å²) >= 11 is 4.46. The van der Waals surface area contributed by atoms with Crippen LogP contribution in [0.15, 0.2) is 40.9 Å². The maximum absolute atomic E-state index is 13.2. The second-order valence-electron chi connectivity index (χ2n) is 5.03. The van der Waals surface area contributed by atoms with Gasteiger partial charge in [-0.25, -0.2) is 4.39 Å². The van der Waals surface area contributed by atoms with E-state index >= 15 is 0 Å². The number of anilines is 1. The molecule has 0 radical (unpaired) electrons. The molecule has 0 bridgehead atoms. The lowest BCUT2D eigenvalue weighted by atomic mass is 10.1. The number of nitrogens with zero attached hydrogens (tertiary/aromatic N) is 2. The first-order valence-corrected chi connectivity index (χ1v) is 8.95. The maximum atomic E-state index is 13.2. The zero-order valence-corrected chi connectivity index (χ0v) is 16.1. The van der Waals surface area contributed by atoms with Gasteiger partial charge in [0.05, 0.1) is 14.2 Å². The number of methoxy groups -OCH3 is 2. The van der Waals surface area contributed by atoms with E-state index in [4.69, 9.17) is 9.47 Å². The SMILES string of the molecule is COc1cccc(OC)c1C(=O)Nc1nnc(-c2ccc(F)cc2Br)s1. The molecule has 0 fully saturated rings. The molecule has 3 aromatic rings. The summed E-state index contributed by atoms with van der Waals surface area (Å²) in [5.41, 5.74) is 0.941. The number of hydrogen-bond donors (Lipinski definition) is 1. The van der Waals surface area contributed by atoms with Gasteiger partial charge in [-0.05, 0) is 46.3 Å². The van der Waals surface area contributed by atoms with Crippen LogP contribution in [0.1, 0.15) is 10.4 Å². The molecule has 6 nitrogen and oxygen atoms in total. The molecule has 0 aliphatic carbocycles. The molecule has 1 heterocycles. The van der Waals surface area contributed by atoms with Gasteiger partial charge in [0.1, 0.15) is 22.9 Å². The minimum Gasteiger partial charge on any atom is -0.496 e. The number of aromatic nitrogens is 2. The van der Waals surface area contributed by atoms with E-state index < -0.39 is 5.91 Å². The fraction of sp³-hybridized carbons (Fsp3) is 0.118. The van der Waals surface area contributed by atoms with Crippen LogP contribution in [0.2, 0.25) is 0 Å². The Kier molecular flexibility index (Phi) is 5.48. The summed E-state index contributed by atoms with van der Waals surface area (Å²) in [6.07, 6.45) is 0. The molecule has 1 N–H and O–H groups in total. The maximum Gasteiger partial charge on any atom is 0.265 e. The lowest BCUT2D eigenvalue weighted by Gasteiger charge is -2.11. The third-order valence-electron chi connectivity index (χ3n) is 3.46. The predicted molar refractivity (Wildman–Crippen MR) is 101 cm³/mol. The Morgan fingerprint density at radius 3 is 2.46 bits per heavy atom. The number of ether oxygens (including phenoxy) is 2. The summed E-state index contributed by atoms with van der Waals surface area (Å²) < 4.78 is 24.2. The first-order chi connectivity index (χ1) is 12.5. The van der Waals surface area contributed by atoms with Crippen molar-refractivity contribution in [3.05, 3.63) is 52.3 Å². The Balaban J connectivity index is 1.87. The molecule has 0 saturated carbocycles. The molecule has 26 heavy (non-hydrogen) atoms. The average Bonchev–Trinajstić information content (AvgIpc) is 3.08. The first-order valence-electron chi connectivity index (χ1n) is 7.34. The first kappa shape index (κ1) is 18.3. The predicted octanol–water partition coefficient (Wildman–Crippen LogP) is 4.38. The van der Waals surface area contributed by atoms with Crippen LogP contribution in [0.5, 0.6) is 11.5 Å². The Morgan fingerprint density at radius 2 is 1.85 bits per heavy atom. The fourth-order valence-corrected chi connectivity index (χ4v) is 3.73. The van der Waals surface area contributed by atoms with Gasteiger partial charge in [0.15, 0.2) is 5.01 Å². The van der Waals surface area contributed by atoms with Crippen molar-refractivity contribution in [2.75, 3.05) is 19.5 Å². The Bertz CT molecular complexity index is 942. The van der Waals surface area contributed by atoms with Crippen molar-refractivity contribution < 1.29 is 18.7 Å². The topological polar surface area (TPSA) is 73.3 Å². The van der Waals surface area contributed by atoms with Gasteiger partial charge in [-0.1, -0.05) is 17.4 Å². The monoisotopic (exact) mass is 437 g/mol. The van der Waals surface area contributed by atoms with Crippen LogP contribution in [0.3, 0.4) is 0 Å². The molecule has 0 spiro atoms. The number of nitrogens with one attached hydrogen (secondary N) is 1. The van der Waals surface area contributed by atoms with Crippen LogP contribution in [0.25, 0.3) is 10.6 Å². The molecule has 0 unspecified atom stereocenters. The van der Waals surface area contributed by atoms with Crippen LogP contribution in [-0.4, -0.2) is 30.3 Å². The molecule has 1 amide bonds. The van der Waals surface area contributed by atoms with E-state index in [1.165, 1.54) is 37.7 Å². The summed E-state index contributed by atoms with van der Waals surface area (Å²) in [7, 11) is 2.95. The van der Waals surface area contributed by atoms with E-state index in [-0.39, 0.29) is 11.4 Å². The fourth-order valence-electron chi connectivity index (χ4n) is 2.28. The Labute approximate surface area is 161 Å². The molecule has 134 valence electrons. The highest BCUT2D eigenvalue weighted by Crippen LogP contribution is 2.34. The summed E-state index contributed by atoms with van der Waals surface area (Å²) in [6, 6.07) is 9.32. The van der Waals surface area contributed by atoms with Crippen molar-refractivity contribution in [3.8, 4) is 22.1 Å². The van der Waals surface area contributed by atoms with E-state index in [0.717, 1.165) is 0 Å². The van der Waals surface area contributed by atoms with Crippen molar-refractivity contribution in [3.63, 3.8) is 0 Å².